The molecule has 0 aromatic carbocycles. The maximum atomic E-state index is 7.09. The number of ether oxygens (including phenoxy) is 1. The molecule has 3 N–H and O–H groups in total. The van der Waals surface area contributed by atoms with E-state index in [1.807, 2.05) is 0 Å². The first-order chi connectivity index (χ1) is 7.70. The van der Waals surface area contributed by atoms with Crippen molar-refractivity contribution in [2.45, 2.75) is 58.8 Å². The second-order valence-corrected chi connectivity index (χ2v) is 4.47. The molecular formula is C13H28N2O. The fourth-order valence-electron chi connectivity index (χ4n) is 1.67. The quantitative estimate of drug-likeness (QED) is 0.324. The van der Waals surface area contributed by atoms with E-state index in [0.717, 1.165) is 32.0 Å². The SMILES string of the molecule is CCCCC(CC)COCCCCC(=N)N. The smallest absolute Gasteiger partial charge is 0.0905 e. The van der Waals surface area contributed by atoms with E-state index in [4.69, 9.17) is 15.9 Å². The molecular weight excluding hydrogens is 200 g/mol. The van der Waals surface area contributed by atoms with Gasteiger partial charge in [0.25, 0.3) is 0 Å². The van der Waals surface area contributed by atoms with Crippen LogP contribution in [0.5, 0.6) is 0 Å². The van der Waals surface area contributed by atoms with Gasteiger partial charge in [-0.3, -0.25) is 5.41 Å². The summed E-state index contributed by atoms with van der Waals surface area (Å²) in [5, 5.41) is 7.09. The van der Waals surface area contributed by atoms with Gasteiger partial charge in [-0.15, -0.1) is 0 Å². The maximum absolute atomic E-state index is 7.09. The molecule has 0 aliphatic carbocycles. The minimum Gasteiger partial charge on any atom is -0.388 e. The molecule has 0 rings (SSSR count). The Morgan fingerprint density at radius 3 is 2.56 bits per heavy atom. The van der Waals surface area contributed by atoms with Crippen LogP contribution in [0.4, 0.5) is 0 Å². The number of unbranched alkanes of at least 4 members (excludes halogenated alkanes) is 2. The van der Waals surface area contributed by atoms with Gasteiger partial charge in [-0.05, 0) is 25.2 Å². The van der Waals surface area contributed by atoms with Gasteiger partial charge in [-0.25, -0.2) is 0 Å². The van der Waals surface area contributed by atoms with Gasteiger partial charge in [0.05, 0.1) is 5.84 Å². The van der Waals surface area contributed by atoms with Crippen LogP contribution in [0.25, 0.3) is 0 Å². The molecule has 0 aromatic rings. The van der Waals surface area contributed by atoms with Crippen molar-refractivity contribution in [2.24, 2.45) is 11.7 Å². The first-order valence-electron chi connectivity index (χ1n) is 6.61. The predicted molar refractivity (Wildman–Crippen MR) is 69.9 cm³/mol. The number of rotatable bonds is 11. The van der Waals surface area contributed by atoms with Crippen LogP contribution >= 0.6 is 0 Å². The Balaban J connectivity index is 3.30. The van der Waals surface area contributed by atoms with Crippen LogP contribution in [-0.2, 0) is 4.74 Å². The summed E-state index contributed by atoms with van der Waals surface area (Å²) in [6.45, 7) is 6.18. The molecule has 0 fully saturated rings. The van der Waals surface area contributed by atoms with Crippen LogP contribution < -0.4 is 5.73 Å². The first kappa shape index (κ1) is 15.4. The van der Waals surface area contributed by atoms with Crippen molar-refractivity contribution in [3.05, 3.63) is 0 Å². The Labute approximate surface area is 100 Å². The molecule has 0 saturated carbocycles. The third kappa shape index (κ3) is 9.97. The molecule has 0 heterocycles. The highest BCUT2D eigenvalue weighted by Gasteiger charge is 2.05. The van der Waals surface area contributed by atoms with Gasteiger partial charge in [0.1, 0.15) is 0 Å². The number of hydrogen-bond donors (Lipinski definition) is 2. The molecule has 0 aromatic heterocycles. The van der Waals surface area contributed by atoms with E-state index >= 15 is 0 Å². The average Bonchev–Trinajstić information content (AvgIpc) is 2.26. The van der Waals surface area contributed by atoms with Gasteiger partial charge in [0.2, 0.25) is 0 Å². The van der Waals surface area contributed by atoms with Crippen molar-refractivity contribution in [1.29, 1.82) is 5.41 Å². The van der Waals surface area contributed by atoms with Crippen LogP contribution in [0.3, 0.4) is 0 Å². The molecule has 96 valence electrons. The topological polar surface area (TPSA) is 59.1 Å². The molecule has 0 bridgehead atoms. The normalized spacial score (nSPS) is 12.6. The summed E-state index contributed by atoms with van der Waals surface area (Å²) >= 11 is 0. The summed E-state index contributed by atoms with van der Waals surface area (Å²) in [5.41, 5.74) is 5.27. The lowest BCUT2D eigenvalue weighted by Crippen LogP contribution is -2.11. The number of hydrogen-bond acceptors (Lipinski definition) is 2. The van der Waals surface area contributed by atoms with Crippen LogP contribution in [0.1, 0.15) is 58.8 Å². The maximum Gasteiger partial charge on any atom is 0.0905 e. The zero-order chi connectivity index (χ0) is 12.2. The summed E-state index contributed by atoms with van der Waals surface area (Å²) in [6.07, 6.45) is 7.79. The summed E-state index contributed by atoms with van der Waals surface area (Å²) < 4.78 is 5.65. The average molecular weight is 228 g/mol. The lowest BCUT2D eigenvalue weighted by atomic mass is 10.0. The minimum absolute atomic E-state index is 0.286. The molecule has 16 heavy (non-hydrogen) atoms. The third-order valence-corrected chi connectivity index (χ3v) is 2.88. The molecule has 3 nitrogen and oxygen atoms in total. The molecule has 0 aliphatic heterocycles. The molecule has 0 saturated heterocycles. The van der Waals surface area contributed by atoms with E-state index in [-0.39, 0.29) is 5.84 Å². The van der Waals surface area contributed by atoms with Crippen molar-refractivity contribution >= 4 is 5.84 Å². The Bertz CT molecular complexity index is 171. The van der Waals surface area contributed by atoms with Gasteiger partial charge in [-0.2, -0.15) is 0 Å². The van der Waals surface area contributed by atoms with E-state index in [2.05, 4.69) is 13.8 Å². The highest BCUT2D eigenvalue weighted by molar-refractivity contribution is 5.76. The summed E-state index contributed by atoms with van der Waals surface area (Å²) in [7, 11) is 0. The Kier molecular flexibility index (Phi) is 10.5. The van der Waals surface area contributed by atoms with Crippen LogP contribution in [-0.4, -0.2) is 19.0 Å². The van der Waals surface area contributed by atoms with Gasteiger partial charge in [0.15, 0.2) is 0 Å². The fourth-order valence-corrected chi connectivity index (χ4v) is 1.67. The Morgan fingerprint density at radius 2 is 2.00 bits per heavy atom. The van der Waals surface area contributed by atoms with Crippen molar-refractivity contribution in [1.82, 2.24) is 0 Å². The van der Waals surface area contributed by atoms with Gasteiger partial charge < -0.3 is 10.5 Å². The van der Waals surface area contributed by atoms with E-state index in [1.54, 1.807) is 0 Å². The lowest BCUT2D eigenvalue weighted by Gasteiger charge is -2.14. The zero-order valence-corrected chi connectivity index (χ0v) is 10.9. The predicted octanol–water partition coefficient (Wildman–Crippen LogP) is 3.33. The second-order valence-electron chi connectivity index (χ2n) is 4.47. The van der Waals surface area contributed by atoms with Crippen molar-refractivity contribution in [2.75, 3.05) is 13.2 Å². The van der Waals surface area contributed by atoms with Crippen molar-refractivity contribution in [3.8, 4) is 0 Å². The van der Waals surface area contributed by atoms with E-state index in [0.29, 0.717) is 6.42 Å². The van der Waals surface area contributed by atoms with Crippen molar-refractivity contribution in [3.63, 3.8) is 0 Å². The highest BCUT2D eigenvalue weighted by atomic mass is 16.5. The molecule has 0 amide bonds. The van der Waals surface area contributed by atoms with Crippen LogP contribution in [0.15, 0.2) is 0 Å². The van der Waals surface area contributed by atoms with E-state index in [9.17, 15) is 0 Å². The Morgan fingerprint density at radius 1 is 1.25 bits per heavy atom. The van der Waals surface area contributed by atoms with Gasteiger partial charge in [0, 0.05) is 19.6 Å². The zero-order valence-electron chi connectivity index (χ0n) is 10.9. The van der Waals surface area contributed by atoms with E-state index < -0.39 is 0 Å². The largest absolute Gasteiger partial charge is 0.388 e. The Hall–Kier alpha value is -0.570. The molecule has 0 radical (unpaired) electrons. The lowest BCUT2D eigenvalue weighted by molar-refractivity contribution is 0.0914. The second kappa shape index (κ2) is 10.9. The molecule has 0 spiro atoms. The summed E-state index contributed by atoms with van der Waals surface area (Å²) in [6, 6.07) is 0. The van der Waals surface area contributed by atoms with Crippen LogP contribution in [0, 0.1) is 11.3 Å². The monoisotopic (exact) mass is 228 g/mol. The van der Waals surface area contributed by atoms with Gasteiger partial charge >= 0.3 is 0 Å². The minimum atomic E-state index is 0.286. The van der Waals surface area contributed by atoms with Gasteiger partial charge in [-0.1, -0.05) is 33.1 Å². The molecule has 1 atom stereocenters. The molecule has 1 unspecified atom stereocenters. The van der Waals surface area contributed by atoms with Crippen LogP contribution in [0.2, 0.25) is 0 Å². The summed E-state index contributed by atoms with van der Waals surface area (Å²) in [4.78, 5) is 0. The summed E-state index contributed by atoms with van der Waals surface area (Å²) in [5.74, 6) is 1.02. The number of amidine groups is 1. The highest BCUT2D eigenvalue weighted by Crippen LogP contribution is 2.13. The van der Waals surface area contributed by atoms with E-state index in [1.165, 1.54) is 25.7 Å². The standard InChI is InChI=1S/C13H28N2O/c1-3-5-8-12(4-2)11-16-10-7-6-9-13(14)15/h12H,3-11H2,1-2H3,(H3,14,15). The first-order valence-corrected chi connectivity index (χ1v) is 6.61. The number of nitrogens with two attached hydrogens (primary N) is 1. The van der Waals surface area contributed by atoms with Crippen molar-refractivity contribution < 1.29 is 4.74 Å². The fraction of sp³-hybridized carbons (Fsp3) is 0.923. The molecule has 0 aliphatic rings. The third-order valence-electron chi connectivity index (χ3n) is 2.88. The number of nitrogens with one attached hydrogen (secondary N) is 1. The molecule has 3 heteroatoms.